The molecule has 6 heteroatoms. The summed E-state index contributed by atoms with van der Waals surface area (Å²) in [5.41, 5.74) is 0.884. The first-order valence-electron chi connectivity index (χ1n) is 6.69. The summed E-state index contributed by atoms with van der Waals surface area (Å²) in [6, 6.07) is 9.68. The molecule has 1 N–H and O–H groups in total. The number of anilines is 1. The minimum atomic E-state index is 0.486. The van der Waals surface area contributed by atoms with Crippen molar-refractivity contribution in [3.63, 3.8) is 0 Å². The normalized spacial score (nSPS) is 10.6. The molecule has 0 aliphatic heterocycles. The van der Waals surface area contributed by atoms with Crippen molar-refractivity contribution in [2.45, 2.75) is 24.2 Å². The van der Waals surface area contributed by atoms with Crippen LogP contribution in [0, 0.1) is 0 Å². The van der Waals surface area contributed by atoms with Gasteiger partial charge < -0.3 is 10.1 Å². The van der Waals surface area contributed by atoms with E-state index in [1.807, 2.05) is 37.3 Å². The molecule has 0 bridgehead atoms. The lowest BCUT2D eigenvalue weighted by Gasteiger charge is -2.08. The highest BCUT2D eigenvalue weighted by Crippen LogP contribution is 2.23. The van der Waals surface area contributed by atoms with Gasteiger partial charge in [0.05, 0.1) is 18.1 Å². The summed E-state index contributed by atoms with van der Waals surface area (Å²) in [5, 5.41) is 3.96. The zero-order chi connectivity index (χ0) is 15.1. The van der Waals surface area contributed by atoms with Crippen molar-refractivity contribution in [2.24, 2.45) is 0 Å². The number of rotatable bonds is 7. The molecule has 1 aromatic heterocycles. The van der Waals surface area contributed by atoms with Crippen LogP contribution in [0.25, 0.3) is 0 Å². The fourth-order valence-electron chi connectivity index (χ4n) is 1.79. The minimum absolute atomic E-state index is 0.486. The molecule has 1 aromatic carbocycles. The van der Waals surface area contributed by atoms with Crippen LogP contribution in [-0.2, 0) is 17.1 Å². The summed E-state index contributed by atoms with van der Waals surface area (Å²) in [6.45, 7) is 3.35. The lowest BCUT2D eigenvalue weighted by atomic mass is 10.4. The van der Waals surface area contributed by atoms with Crippen molar-refractivity contribution in [1.29, 1.82) is 0 Å². The third-order valence-corrected chi connectivity index (χ3v) is 3.92. The van der Waals surface area contributed by atoms with Gasteiger partial charge in [0.2, 0.25) is 0 Å². The number of hydrogen-bond donors (Lipinski definition) is 1. The van der Waals surface area contributed by atoms with Crippen LogP contribution in [0.3, 0.4) is 0 Å². The van der Waals surface area contributed by atoms with Gasteiger partial charge >= 0.3 is 0 Å². The van der Waals surface area contributed by atoms with Crippen LogP contribution in [0.15, 0.2) is 35.2 Å². The van der Waals surface area contributed by atoms with E-state index in [9.17, 15) is 0 Å². The molecule has 0 radical (unpaired) electrons. The Morgan fingerprint density at radius 1 is 1.24 bits per heavy atom. The monoisotopic (exact) mass is 323 g/mol. The maximum Gasteiger partial charge on any atom is 0.141 e. The van der Waals surface area contributed by atoms with Crippen LogP contribution in [-0.4, -0.2) is 23.6 Å². The predicted octanol–water partition coefficient (Wildman–Crippen LogP) is 4.00. The highest BCUT2D eigenvalue weighted by molar-refractivity contribution is 7.98. The summed E-state index contributed by atoms with van der Waals surface area (Å²) in [4.78, 5) is 10.2. The largest absolute Gasteiger partial charge is 0.378 e. The van der Waals surface area contributed by atoms with Crippen molar-refractivity contribution >= 4 is 29.2 Å². The molecule has 0 aliphatic rings. The van der Waals surface area contributed by atoms with Crippen LogP contribution >= 0.6 is 23.4 Å². The number of ether oxygens (including phenoxy) is 1. The Labute approximate surface area is 134 Å². The summed E-state index contributed by atoms with van der Waals surface area (Å²) in [5.74, 6) is 2.34. The van der Waals surface area contributed by atoms with E-state index in [4.69, 9.17) is 16.3 Å². The second-order valence-corrected chi connectivity index (χ2v) is 5.85. The predicted molar refractivity (Wildman–Crippen MR) is 87.9 cm³/mol. The third kappa shape index (κ3) is 5.19. The van der Waals surface area contributed by atoms with Gasteiger partial charge in [-0.05, 0) is 31.2 Å². The average molecular weight is 324 g/mol. The minimum Gasteiger partial charge on any atom is -0.378 e. The van der Waals surface area contributed by atoms with Crippen molar-refractivity contribution < 1.29 is 4.74 Å². The number of hydrogen-bond acceptors (Lipinski definition) is 5. The Hall–Kier alpha value is -1.30. The van der Waals surface area contributed by atoms with Crippen LogP contribution in [0.5, 0.6) is 0 Å². The van der Waals surface area contributed by atoms with Crippen LogP contribution in [0.2, 0.25) is 5.02 Å². The molecule has 2 aromatic rings. The number of aromatic nitrogens is 2. The van der Waals surface area contributed by atoms with E-state index in [1.165, 1.54) is 0 Å². The number of methoxy groups -OCH3 is 1. The standard InChI is InChI=1S/C15H18ClN3OS/c1-3-17-14-8-12(9-20-2)18-15(19-14)10-21-13-6-4-11(16)5-7-13/h4-8H,3,9-10H2,1-2H3,(H,17,18,19). The van der Waals surface area contributed by atoms with Crippen molar-refractivity contribution in [3.8, 4) is 0 Å². The SMILES string of the molecule is CCNc1cc(COC)nc(CSc2ccc(Cl)cc2)n1. The van der Waals surface area contributed by atoms with Gasteiger partial charge in [0, 0.05) is 29.6 Å². The first-order chi connectivity index (χ1) is 10.2. The Bertz CT molecular complexity index is 553. The summed E-state index contributed by atoms with van der Waals surface area (Å²) < 4.78 is 5.15. The molecule has 0 fully saturated rings. The summed E-state index contributed by atoms with van der Waals surface area (Å²) in [7, 11) is 1.66. The van der Waals surface area contributed by atoms with Gasteiger partial charge in [0.1, 0.15) is 11.6 Å². The fourth-order valence-corrected chi connectivity index (χ4v) is 2.67. The Kier molecular flexibility index (Phi) is 6.29. The van der Waals surface area contributed by atoms with Gasteiger partial charge in [-0.25, -0.2) is 9.97 Å². The van der Waals surface area contributed by atoms with E-state index in [0.717, 1.165) is 33.8 Å². The quantitative estimate of drug-likeness (QED) is 0.780. The molecule has 21 heavy (non-hydrogen) atoms. The van der Waals surface area contributed by atoms with Gasteiger partial charge in [-0.15, -0.1) is 11.8 Å². The molecule has 1 heterocycles. The molecule has 112 valence electrons. The summed E-state index contributed by atoms with van der Waals surface area (Å²) in [6.07, 6.45) is 0. The zero-order valence-corrected chi connectivity index (χ0v) is 13.7. The molecule has 4 nitrogen and oxygen atoms in total. The molecule has 0 atom stereocenters. The molecular weight excluding hydrogens is 306 g/mol. The van der Waals surface area contributed by atoms with Crippen LogP contribution < -0.4 is 5.32 Å². The summed E-state index contributed by atoms with van der Waals surface area (Å²) >= 11 is 7.57. The van der Waals surface area contributed by atoms with Gasteiger partial charge in [-0.3, -0.25) is 0 Å². The zero-order valence-electron chi connectivity index (χ0n) is 12.1. The van der Waals surface area contributed by atoms with E-state index in [1.54, 1.807) is 18.9 Å². The molecule has 0 amide bonds. The number of thioether (sulfide) groups is 1. The Morgan fingerprint density at radius 2 is 2.00 bits per heavy atom. The number of nitrogens with zero attached hydrogens (tertiary/aromatic N) is 2. The molecule has 2 rings (SSSR count). The maximum absolute atomic E-state index is 5.88. The first-order valence-corrected chi connectivity index (χ1v) is 8.05. The number of nitrogens with one attached hydrogen (secondary N) is 1. The number of halogens is 1. The van der Waals surface area contributed by atoms with Crippen LogP contribution in [0.1, 0.15) is 18.4 Å². The second-order valence-electron chi connectivity index (χ2n) is 4.37. The van der Waals surface area contributed by atoms with E-state index in [2.05, 4.69) is 15.3 Å². The van der Waals surface area contributed by atoms with E-state index in [0.29, 0.717) is 12.4 Å². The van der Waals surface area contributed by atoms with Gasteiger partial charge in [0.25, 0.3) is 0 Å². The molecule has 0 spiro atoms. The van der Waals surface area contributed by atoms with Gasteiger partial charge in [-0.1, -0.05) is 11.6 Å². The lowest BCUT2D eigenvalue weighted by Crippen LogP contribution is -2.06. The molecular formula is C15H18ClN3OS. The lowest BCUT2D eigenvalue weighted by molar-refractivity contribution is 0.181. The third-order valence-electron chi connectivity index (χ3n) is 2.66. The maximum atomic E-state index is 5.88. The molecule has 0 saturated heterocycles. The fraction of sp³-hybridized carbons (Fsp3) is 0.333. The topological polar surface area (TPSA) is 47.0 Å². The van der Waals surface area contributed by atoms with Crippen molar-refractivity contribution in [1.82, 2.24) is 9.97 Å². The van der Waals surface area contributed by atoms with E-state index < -0.39 is 0 Å². The van der Waals surface area contributed by atoms with E-state index >= 15 is 0 Å². The molecule has 0 aliphatic carbocycles. The Balaban J connectivity index is 2.08. The second kappa shape index (κ2) is 8.22. The van der Waals surface area contributed by atoms with Crippen molar-refractivity contribution in [2.75, 3.05) is 19.0 Å². The Morgan fingerprint density at radius 3 is 2.67 bits per heavy atom. The van der Waals surface area contributed by atoms with Gasteiger partial charge in [0.15, 0.2) is 0 Å². The van der Waals surface area contributed by atoms with Crippen molar-refractivity contribution in [3.05, 3.63) is 46.9 Å². The van der Waals surface area contributed by atoms with E-state index in [-0.39, 0.29) is 0 Å². The average Bonchev–Trinajstić information content (AvgIpc) is 2.47. The molecule has 0 unspecified atom stereocenters. The van der Waals surface area contributed by atoms with Gasteiger partial charge in [-0.2, -0.15) is 0 Å². The number of benzene rings is 1. The smallest absolute Gasteiger partial charge is 0.141 e. The highest BCUT2D eigenvalue weighted by atomic mass is 35.5. The first kappa shape index (κ1) is 16.1. The molecule has 0 saturated carbocycles. The highest BCUT2D eigenvalue weighted by Gasteiger charge is 2.05. The van der Waals surface area contributed by atoms with Crippen LogP contribution in [0.4, 0.5) is 5.82 Å².